The zero-order valence-corrected chi connectivity index (χ0v) is 12.4. The summed E-state index contributed by atoms with van der Waals surface area (Å²) in [7, 11) is 0. The molecule has 2 saturated carbocycles. The van der Waals surface area contributed by atoms with Gasteiger partial charge in [-0.05, 0) is 67.4 Å². The molecule has 3 nitrogen and oxygen atoms in total. The van der Waals surface area contributed by atoms with Crippen LogP contribution < -0.4 is 5.32 Å². The number of aliphatic carboxylic acids is 1. The number of thiophene rings is 1. The van der Waals surface area contributed by atoms with Crippen molar-refractivity contribution in [2.45, 2.75) is 50.6 Å². The van der Waals surface area contributed by atoms with Gasteiger partial charge in [-0.3, -0.25) is 4.79 Å². The van der Waals surface area contributed by atoms with Gasteiger partial charge in [0.2, 0.25) is 0 Å². The zero-order chi connectivity index (χ0) is 13.7. The Morgan fingerprint density at radius 2 is 2.15 bits per heavy atom. The van der Waals surface area contributed by atoms with E-state index in [2.05, 4.69) is 16.8 Å². The second-order valence-electron chi connectivity index (χ2n) is 6.63. The summed E-state index contributed by atoms with van der Waals surface area (Å²) in [6, 6.07) is 2.82. The molecule has 5 unspecified atom stereocenters. The highest BCUT2D eigenvalue weighted by molar-refractivity contribution is 7.10. The lowest BCUT2D eigenvalue weighted by Crippen LogP contribution is -2.46. The van der Waals surface area contributed by atoms with Gasteiger partial charge in [0.1, 0.15) is 0 Å². The van der Waals surface area contributed by atoms with Crippen LogP contribution in [0.25, 0.3) is 0 Å². The monoisotopic (exact) mass is 291 g/mol. The summed E-state index contributed by atoms with van der Waals surface area (Å²) >= 11 is 1.85. The van der Waals surface area contributed by atoms with E-state index in [9.17, 15) is 9.90 Å². The molecule has 0 saturated heterocycles. The van der Waals surface area contributed by atoms with Gasteiger partial charge in [-0.2, -0.15) is 0 Å². The minimum Gasteiger partial charge on any atom is -0.481 e. The van der Waals surface area contributed by atoms with Crippen molar-refractivity contribution in [3.8, 4) is 0 Å². The number of hydrogen-bond acceptors (Lipinski definition) is 3. The maximum absolute atomic E-state index is 11.6. The molecule has 0 spiro atoms. The number of carboxylic acid groups (broad SMARTS) is 1. The molecule has 0 amide bonds. The van der Waals surface area contributed by atoms with Gasteiger partial charge in [-0.25, -0.2) is 0 Å². The number of carboxylic acids is 1. The van der Waals surface area contributed by atoms with Gasteiger partial charge in [0.05, 0.1) is 5.92 Å². The van der Waals surface area contributed by atoms with Gasteiger partial charge in [0.15, 0.2) is 0 Å². The zero-order valence-electron chi connectivity index (χ0n) is 11.5. The Morgan fingerprint density at radius 1 is 1.30 bits per heavy atom. The molecule has 2 fully saturated rings. The lowest BCUT2D eigenvalue weighted by molar-refractivity contribution is -0.144. The van der Waals surface area contributed by atoms with Crippen LogP contribution in [0.2, 0.25) is 0 Å². The summed E-state index contributed by atoms with van der Waals surface area (Å²) in [6.07, 6.45) is 7.04. The molecule has 2 N–H and O–H groups in total. The summed E-state index contributed by atoms with van der Waals surface area (Å²) in [5.74, 6) is 0.263. The molecule has 3 aliphatic rings. The maximum Gasteiger partial charge on any atom is 0.308 e. The number of rotatable bonds is 3. The Morgan fingerprint density at radius 3 is 3.00 bits per heavy atom. The molecule has 1 aromatic heterocycles. The lowest BCUT2D eigenvalue weighted by Gasteiger charge is -2.34. The minimum atomic E-state index is -0.587. The molecule has 0 aromatic carbocycles. The fourth-order valence-corrected chi connectivity index (χ4v) is 5.77. The van der Waals surface area contributed by atoms with Crippen LogP contribution in [0, 0.1) is 17.8 Å². The maximum atomic E-state index is 11.6. The van der Waals surface area contributed by atoms with Crippen molar-refractivity contribution >= 4 is 17.3 Å². The van der Waals surface area contributed by atoms with E-state index in [4.69, 9.17) is 0 Å². The summed E-state index contributed by atoms with van der Waals surface area (Å²) in [5, 5.41) is 15.5. The molecule has 3 aliphatic carbocycles. The van der Waals surface area contributed by atoms with Crippen LogP contribution in [0.5, 0.6) is 0 Å². The molecule has 4 heteroatoms. The fraction of sp³-hybridized carbons (Fsp3) is 0.688. The average molecular weight is 291 g/mol. The van der Waals surface area contributed by atoms with Crippen LogP contribution in [-0.4, -0.2) is 17.1 Å². The first-order valence-electron chi connectivity index (χ1n) is 7.79. The average Bonchev–Trinajstić information content (AvgIpc) is 3.13. The number of nitrogens with one attached hydrogen (secondary N) is 1. The predicted molar refractivity (Wildman–Crippen MR) is 78.9 cm³/mol. The summed E-state index contributed by atoms with van der Waals surface area (Å²) in [6.45, 7) is 0. The topological polar surface area (TPSA) is 49.3 Å². The first-order chi connectivity index (χ1) is 9.74. The van der Waals surface area contributed by atoms with E-state index < -0.39 is 5.97 Å². The van der Waals surface area contributed by atoms with Crippen molar-refractivity contribution in [2.24, 2.45) is 17.8 Å². The quantitative estimate of drug-likeness (QED) is 0.899. The molecule has 0 aliphatic heterocycles. The van der Waals surface area contributed by atoms with E-state index in [1.807, 2.05) is 11.3 Å². The molecule has 4 rings (SSSR count). The largest absolute Gasteiger partial charge is 0.481 e. The van der Waals surface area contributed by atoms with Crippen LogP contribution in [0.1, 0.15) is 48.6 Å². The van der Waals surface area contributed by atoms with Gasteiger partial charge in [-0.15, -0.1) is 11.3 Å². The second-order valence-corrected chi connectivity index (χ2v) is 7.63. The highest BCUT2D eigenvalue weighted by atomic mass is 32.1. The molecule has 20 heavy (non-hydrogen) atoms. The third kappa shape index (κ3) is 1.92. The second kappa shape index (κ2) is 4.85. The van der Waals surface area contributed by atoms with E-state index >= 15 is 0 Å². The van der Waals surface area contributed by atoms with Crippen LogP contribution in [0.4, 0.5) is 0 Å². The van der Waals surface area contributed by atoms with Crippen molar-refractivity contribution < 1.29 is 9.90 Å². The normalized spacial score (nSPS) is 38.9. The van der Waals surface area contributed by atoms with E-state index in [1.54, 1.807) is 0 Å². The first kappa shape index (κ1) is 12.8. The van der Waals surface area contributed by atoms with Crippen molar-refractivity contribution in [3.63, 3.8) is 0 Å². The van der Waals surface area contributed by atoms with Crippen LogP contribution >= 0.6 is 11.3 Å². The SMILES string of the molecule is O=C(O)C1C2CCC(C2)C1NC1CCCc2sccc21. The lowest BCUT2D eigenvalue weighted by atomic mass is 9.83. The third-order valence-electron chi connectivity index (χ3n) is 5.65. The van der Waals surface area contributed by atoms with Gasteiger partial charge in [0.25, 0.3) is 0 Å². The number of hydrogen-bond donors (Lipinski definition) is 2. The smallest absolute Gasteiger partial charge is 0.308 e. The Bertz CT molecular complexity index is 526. The molecular formula is C16H21NO2S. The number of carbonyl (C=O) groups is 1. The molecule has 2 bridgehead atoms. The fourth-order valence-electron chi connectivity index (χ4n) is 4.78. The number of aryl methyl sites for hydroxylation is 1. The summed E-state index contributed by atoms with van der Waals surface area (Å²) in [4.78, 5) is 13.1. The van der Waals surface area contributed by atoms with Gasteiger partial charge >= 0.3 is 5.97 Å². The highest BCUT2D eigenvalue weighted by Crippen LogP contribution is 2.49. The minimum absolute atomic E-state index is 0.155. The van der Waals surface area contributed by atoms with Crippen molar-refractivity contribution in [2.75, 3.05) is 0 Å². The molecular weight excluding hydrogens is 270 g/mol. The molecule has 108 valence electrons. The van der Waals surface area contributed by atoms with Crippen molar-refractivity contribution in [1.29, 1.82) is 0 Å². The first-order valence-corrected chi connectivity index (χ1v) is 8.67. The Kier molecular flexibility index (Phi) is 3.11. The van der Waals surface area contributed by atoms with E-state index in [0.29, 0.717) is 17.9 Å². The van der Waals surface area contributed by atoms with E-state index in [-0.39, 0.29) is 12.0 Å². The Balaban J connectivity index is 1.56. The Labute approximate surface area is 123 Å². The van der Waals surface area contributed by atoms with Crippen LogP contribution in [-0.2, 0) is 11.2 Å². The van der Waals surface area contributed by atoms with E-state index in [1.165, 1.54) is 29.7 Å². The van der Waals surface area contributed by atoms with Gasteiger partial charge in [-0.1, -0.05) is 0 Å². The standard InChI is InChI=1S/C16H21NO2S/c18-16(19)14-9-4-5-10(8-9)15(14)17-12-2-1-3-13-11(12)6-7-20-13/h6-7,9-10,12,14-15,17H,1-5,8H2,(H,18,19). The van der Waals surface area contributed by atoms with Gasteiger partial charge in [0, 0.05) is 17.0 Å². The summed E-state index contributed by atoms with van der Waals surface area (Å²) < 4.78 is 0. The van der Waals surface area contributed by atoms with Crippen molar-refractivity contribution in [1.82, 2.24) is 5.32 Å². The predicted octanol–water partition coefficient (Wildman–Crippen LogP) is 3.21. The molecule has 0 radical (unpaired) electrons. The van der Waals surface area contributed by atoms with Crippen LogP contribution in [0.15, 0.2) is 11.4 Å². The molecule has 1 heterocycles. The van der Waals surface area contributed by atoms with E-state index in [0.717, 1.165) is 19.3 Å². The molecule has 5 atom stereocenters. The summed E-state index contributed by atoms with van der Waals surface area (Å²) in [5.41, 5.74) is 1.44. The van der Waals surface area contributed by atoms with Crippen molar-refractivity contribution in [3.05, 3.63) is 21.9 Å². The van der Waals surface area contributed by atoms with Gasteiger partial charge < -0.3 is 10.4 Å². The molecule has 1 aromatic rings. The van der Waals surface area contributed by atoms with Crippen LogP contribution in [0.3, 0.4) is 0 Å². The Hall–Kier alpha value is -0.870. The number of fused-ring (bicyclic) bond motifs is 3. The third-order valence-corrected chi connectivity index (χ3v) is 6.64. The highest BCUT2D eigenvalue weighted by Gasteiger charge is 2.51.